The van der Waals surface area contributed by atoms with Crippen LogP contribution in [-0.2, 0) is 19.1 Å². The zero-order valence-electron chi connectivity index (χ0n) is 15.7. The lowest BCUT2D eigenvalue weighted by atomic mass is 9.52. The van der Waals surface area contributed by atoms with Crippen LogP contribution in [0.4, 0.5) is 0 Å². The van der Waals surface area contributed by atoms with Crippen molar-refractivity contribution >= 4 is 17.5 Å². The highest BCUT2D eigenvalue weighted by Crippen LogP contribution is 2.59. The summed E-state index contributed by atoms with van der Waals surface area (Å²) in [7, 11) is 0. The first-order chi connectivity index (χ1) is 11.6. The molecule has 0 radical (unpaired) electrons. The standard InChI is InChI=1S/C20H28O5/c1-10(2)8-15(21)19(24)13(5)14-7-6-11(3)17(14)18(23)20(19)12(4)9-16(22)25-20/h8,11-14,17,24H,6-7,9H2,1-5H3/t11-,12-,13-,14-,17+,19-,20+/m0/s1. The Labute approximate surface area is 148 Å². The lowest BCUT2D eigenvalue weighted by Crippen LogP contribution is -2.74. The molecule has 3 rings (SSSR count). The minimum Gasteiger partial charge on any atom is -0.447 e. The summed E-state index contributed by atoms with van der Waals surface area (Å²) in [6.45, 7) is 9.14. The SMILES string of the molecule is CC(C)=CC(=O)[C@@]1(O)[C@@H](C)[C@@H]2CC[C@H](C)[C@H]2C(=O)[C@@]12OC(=O)C[C@@H]2C. The zero-order chi connectivity index (χ0) is 18.7. The Bertz CT molecular complexity index is 661. The minimum absolute atomic E-state index is 0.0502. The summed E-state index contributed by atoms with van der Waals surface area (Å²) in [5.74, 6) is -2.40. The summed E-state index contributed by atoms with van der Waals surface area (Å²) < 4.78 is 5.57. The van der Waals surface area contributed by atoms with Crippen LogP contribution in [0.15, 0.2) is 11.6 Å². The maximum Gasteiger partial charge on any atom is 0.307 e. The fourth-order valence-corrected chi connectivity index (χ4v) is 5.58. The lowest BCUT2D eigenvalue weighted by molar-refractivity contribution is -0.223. The molecular weight excluding hydrogens is 320 g/mol. The maximum atomic E-state index is 13.5. The van der Waals surface area contributed by atoms with Gasteiger partial charge in [0.25, 0.3) is 0 Å². The molecule has 1 aliphatic heterocycles. The highest BCUT2D eigenvalue weighted by molar-refractivity contribution is 6.08. The largest absolute Gasteiger partial charge is 0.447 e. The Morgan fingerprint density at radius 3 is 2.36 bits per heavy atom. The maximum absolute atomic E-state index is 13.5. The van der Waals surface area contributed by atoms with E-state index < -0.39 is 34.8 Å². The second-order valence-corrected chi connectivity index (χ2v) is 8.56. The fourth-order valence-electron chi connectivity index (χ4n) is 5.58. The molecule has 138 valence electrons. The van der Waals surface area contributed by atoms with Gasteiger partial charge in [0.15, 0.2) is 17.2 Å². The van der Waals surface area contributed by atoms with Crippen molar-refractivity contribution in [2.45, 2.75) is 65.1 Å². The number of rotatable bonds is 2. The van der Waals surface area contributed by atoms with Gasteiger partial charge in [-0.2, -0.15) is 0 Å². The molecule has 3 fully saturated rings. The van der Waals surface area contributed by atoms with Crippen LogP contribution in [0.25, 0.3) is 0 Å². The number of allylic oxidation sites excluding steroid dienone is 1. The van der Waals surface area contributed by atoms with E-state index in [4.69, 9.17) is 4.74 Å². The smallest absolute Gasteiger partial charge is 0.307 e. The van der Waals surface area contributed by atoms with Crippen molar-refractivity contribution in [2.75, 3.05) is 0 Å². The van der Waals surface area contributed by atoms with Crippen molar-refractivity contribution < 1.29 is 24.2 Å². The van der Waals surface area contributed by atoms with Crippen LogP contribution in [0.2, 0.25) is 0 Å². The molecule has 7 atom stereocenters. The van der Waals surface area contributed by atoms with Crippen LogP contribution in [0.3, 0.4) is 0 Å². The third kappa shape index (κ3) is 2.21. The van der Waals surface area contributed by atoms with Crippen molar-refractivity contribution in [3.63, 3.8) is 0 Å². The molecule has 2 saturated carbocycles. The van der Waals surface area contributed by atoms with Crippen LogP contribution >= 0.6 is 0 Å². The number of aliphatic hydroxyl groups is 1. The van der Waals surface area contributed by atoms with Gasteiger partial charge in [-0.25, -0.2) is 0 Å². The van der Waals surface area contributed by atoms with Gasteiger partial charge in [-0.1, -0.05) is 26.3 Å². The number of carbonyl (C=O) groups is 3. The molecule has 3 aliphatic rings. The summed E-state index contributed by atoms with van der Waals surface area (Å²) >= 11 is 0. The van der Waals surface area contributed by atoms with Crippen molar-refractivity contribution in [3.8, 4) is 0 Å². The average molecular weight is 348 g/mol. The van der Waals surface area contributed by atoms with Gasteiger partial charge in [0.05, 0.1) is 6.42 Å². The van der Waals surface area contributed by atoms with Gasteiger partial charge in [-0.05, 0) is 44.6 Å². The van der Waals surface area contributed by atoms with Gasteiger partial charge in [-0.3, -0.25) is 14.4 Å². The fraction of sp³-hybridized carbons (Fsp3) is 0.750. The predicted molar refractivity (Wildman–Crippen MR) is 91.5 cm³/mol. The molecule has 5 nitrogen and oxygen atoms in total. The Balaban J connectivity index is 2.22. The quantitative estimate of drug-likeness (QED) is 0.612. The predicted octanol–water partition coefficient (Wildman–Crippen LogP) is 2.46. The molecule has 1 N–H and O–H groups in total. The van der Waals surface area contributed by atoms with E-state index in [1.165, 1.54) is 6.08 Å². The summed E-state index contributed by atoms with van der Waals surface area (Å²) in [5.41, 5.74) is -3.02. The number of hydrogen-bond acceptors (Lipinski definition) is 5. The van der Waals surface area contributed by atoms with Crippen LogP contribution in [-0.4, -0.2) is 33.8 Å². The number of hydrogen-bond donors (Lipinski definition) is 1. The molecule has 0 aromatic carbocycles. The van der Waals surface area contributed by atoms with Crippen molar-refractivity contribution in [3.05, 3.63) is 11.6 Å². The van der Waals surface area contributed by atoms with Gasteiger partial charge in [0.2, 0.25) is 5.60 Å². The van der Waals surface area contributed by atoms with E-state index >= 15 is 0 Å². The number of ether oxygens (including phenoxy) is 1. The average Bonchev–Trinajstić information content (AvgIpc) is 3.03. The highest BCUT2D eigenvalue weighted by Gasteiger charge is 2.75. The van der Waals surface area contributed by atoms with Crippen LogP contribution in [0.5, 0.6) is 0 Å². The molecule has 5 heteroatoms. The molecule has 1 spiro atoms. The molecule has 0 bridgehead atoms. The Kier molecular flexibility index (Phi) is 4.22. The van der Waals surface area contributed by atoms with Gasteiger partial charge < -0.3 is 9.84 Å². The highest BCUT2D eigenvalue weighted by atomic mass is 16.6. The summed E-state index contributed by atoms with van der Waals surface area (Å²) in [4.78, 5) is 38.7. The number of Topliss-reactive ketones (excluding diaryl/α,β-unsaturated/α-hetero) is 1. The molecule has 2 aliphatic carbocycles. The van der Waals surface area contributed by atoms with Crippen LogP contribution in [0.1, 0.15) is 53.9 Å². The van der Waals surface area contributed by atoms with Crippen LogP contribution in [0, 0.1) is 29.6 Å². The van der Waals surface area contributed by atoms with Crippen LogP contribution < -0.4 is 0 Å². The molecule has 0 unspecified atom stereocenters. The van der Waals surface area contributed by atoms with Gasteiger partial charge >= 0.3 is 5.97 Å². The molecule has 1 heterocycles. The van der Waals surface area contributed by atoms with Gasteiger partial charge in [0, 0.05) is 17.8 Å². The summed E-state index contributed by atoms with van der Waals surface area (Å²) in [5, 5.41) is 11.7. The summed E-state index contributed by atoms with van der Waals surface area (Å²) in [6, 6.07) is 0. The van der Waals surface area contributed by atoms with E-state index in [0.29, 0.717) is 0 Å². The Morgan fingerprint density at radius 1 is 1.20 bits per heavy atom. The van der Waals surface area contributed by atoms with Gasteiger partial charge in [0.1, 0.15) is 0 Å². The van der Waals surface area contributed by atoms with E-state index in [1.807, 2.05) is 13.8 Å². The van der Waals surface area contributed by atoms with Crippen molar-refractivity contribution in [1.82, 2.24) is 0 Å². The van der Waals surface area contributed by atoms with E-state index in [0.717, 1.165) is 18.4 Å². The number of ketones is 2. The third-order valence-electron chi connectivity index (χ3n) is 6.80. The normalized spacial score (nSPS) is 46.1. The second kappa shape index (κ2) is 5.76. The van der Waals surface area contributed by atoms with Crippen molar-refractivity contribution in [1.29, 1.82) is 0 Å². The minimum atomic E-state index is -2.00. The second-order valence-electron chi connectivity index (χ2n) is 8.56. The molecule has 25 heavy (non-hydrogen) atoms. The monoisotopic (exact) mass is 348 g/mol. The first-order valence-corrected chi connectivity index (χ1v) is 9.25. The van der Waals surface area contributed by atoms with E-state index in [2.05, 4.69) is 0 Å². The zero-order valence-corrected chi connectivity index (χ0v) is 15.7. The Morgan fingerprint density at radius 2 is 1.84 bits per heavy atom. The third-order valence-corrected chi connectivity index (χ3v) is 6.80. The lowest BCUT2D eigenvalue weighted by Gasteiger charge is -2.54. The van der Waals surface area contributed by atoms with Crippen molar-refractivity contribution in [2.24, 2.45) is 29.6 Å². The Hall–Kier alpha value is -1.49. The first kappa shape index (κ1) is 18.3. The molecule has 0 aromatic heterocycles. The number of fused-ring (bicyclic) bond motifs is 1. The molecular formula is C20H28O5. The summed E-state index contributed by atoms with van der Waals surface area (Å²) in [6.07, 6.45) is 3.12. The molecule has 0 amide bonds. The first-order valence-electron chi connectivity index (χ1n) is 9.25. The molecule has 0 aromatic rings. The topological polar surface area (TPSA) is 80.7 Å². The van der Waals surface area contributed by atoms with Gasteiger partial charge in [-0.15, -0.1) is 0 Å². The molecule has 1 saturated heterocycles. The number of carbonyl (C=O) groups excluding carboxylic acids is 3. The number of esters is 1. The van der Waals surface area contributed by atoms with E-state index in [1.54, 1.807) is 20.8 Å². The van der Waals surface area contributed by atoms with E-state index in [9.17, 15) is 19.5 Å². The van der Waals surface area contributed by atoms with E-state index in [-0.39, 0.29) is 30.0 Å².